The van der Waals surface area contributed by atoms with Crippen LogP contribution in [0, 0.1) is 0 Å². The van der Waals surface area contributed by atoms with Gasteiger partial charge in [0.2, 0.25) is 0 Å². The van der Waals surface area contributed by atoms with E-state index in [2.05, 4.69) is 27.7 Å². The number of allylic oxidation sites excluding steroid dienone is 1. The zero-order chi connectivity index (χ0) is 21.4. The molecule has 0 unspecified atom stereocenters. The first-order chi connectivity index (χ1) is 13.5. The minimum Gasteiger partial charge on any atom is -0.507 e. The molecule has 0 aromatic heterocycles. The third-order valence-corrected chi connectivity index (χ3v) is 5.70. The summed E-state index contributed by atoms with van der Waals surface area (Å²) in [6.07, 6.45) is 2.75. The number of aromatic hydroxyl groups is 1. The largest absolute Gasteiger partial charge is 0.507 e. The van der Waals surface area contributed by atoms with Gasteiger partial charge in [0.15, 0.2) is 5.78 Å². The fourth-order valence-corrected chi connectivity index (χ4v) is 3.75. The molecule has 2 aromatic rings. The van der Waals surface area contributed by atoms with Crippen molar-refractivity contribution >= 4 is 11.8 Å². The Kier molecular flexibility index (Phi) is 5.26. The molecule has 3 rings (SSSR count). The van der Waals surface area contributed by atoms with Crippen LogP contribution in [0.2, 0.25) is 0 Å². The first-order valence-corrected chi connectivity index (χ1v) is 9.61. The highest BCUT2D eigenvalue weighted by Gasteiger charge is 2.38. The molecule has 0 spiro atoms. The molecule has 0 aliphatic heterocycles. The van der Waals surface area contributed by atoms with Crippen molar-refractivity contribution in [1.29, 1.82) is 0 Å². The summed E-state index contributed by atoms with van der Waals surface area (Å²) in [7, 11) is 0. The summed E-state index contributed by atoms with van der Waals surface area (Å²) < 4.78 is 4.83. The van der Waals surface area contributed by atoms with Crippen LogP contribution in [0.3, 0.4) is 0 Å². The fourth-order valence-electron chi connectivity index (χ4n) is 3.75. The number of benzene rings is 2. The fraction of sp³-hybridized carbons (Fsp3) is 0.333. The molecule has 0 saturated heterocycles. The molecule has 0 atom stereocenters. The van der Waals surface area contributed by atoms with Crippen LogP contribution in [0.4, 0.5) is 0 Å². The topological polar surface area (TPSA) is 83.8 Å². The molecule has 152 valence electrons. The minimum atomic E-state index is -0.819. The number of carbonyl (C=O) groups excluding carboxylic acids is 2. The first-order valence-electron chi connectivity index (χ1n) is 9.61. The van der Waals surface area contributed by atoms with Gasteiger partial charge >= 0.3 is 5.97 Å². The number of hydrogen-bond donors (Lipinski definition) is 2. The summed E-state index contributed by atoms with van der Waals surface area (Å²) in [5.41, 5.74) is 2.10. The van der Waals surface area contributed by atoms with Crippen molar-refractivity contribution in [3.05, 3.63) is 76.7 Å². The molecule has 0 bridgehead atoms. The number of esters is 1. The van der Waals surface area contributed by atoms with Gasteiger partial charge in [-0.3, -0.25) is 4.79 Å². The van der Waals surface area contributed by atoms with Crippen molar-refractivity contribution in [3.63, 3.8) is 0 Å². The minimum absolute atomic E-state index is 0.0665. The van der Waals surface area contributed by atoms with Crippen LogP contribution in [0.15, 0.2) is 54.5 Å². The highest BCUT2D eigenvalue weighted by atomic mass is 16.6. The van der Waals surface area contributed by atoms with Gasteiger partial charge in [0, 0.05) is 0 Å². The normalized spacial score (nSPS) is 17.3. The van der Waals surface area contributed by atoms with Gasteiger partial charge in [-0.25, -0.2) is 4.79 Å². The Morgan fingerprint density at radius 1 is 0.966 bits per heavy atom. The van der Waals surface area contributed by atoms with Gasteiger partial charge in [-0.05, 0) is 59.1 Å². The van der Waals surface area contributed by atoms with E-state index >= 15 is 0 Å². The molecule has 5 nitrogen and oxygen atoms in total. The average molecular weight is 394 g/mol. The summed E-state index contributed by atoms with van der Waals surface area (Å²) in [4.78, 5) is 24.7. The number of ketones is 1. The highest BCUT2D eigenvalue weighted by molar-refractivity contribution is 6.07. The van der Waals surface area contributed by atoms with Crippen LogP contribution in [-0.4, -0.2) is 22.0 Å². The third kappa shape index (κ3) is 4.19. The van der Waals surface area contributed by atoms with E-state index in [4.69, 9.17) is 4.74 Å². The zero-order valence-electron chi connectivity index (χ0n) is 17.2. The molecule has 0 amide bonds. The number of aliphatic hydroxyl groups is 1. The van der Waals surface area contributed by atoms with Crippen molar-refractivity contribution in [2.45, 2.75) is 51.4 Å². The molecular weight excluding hydrogens is 368 g/mol. The molecule has 1 aliphatic carbocycles. The quantitative estimate of drug-likeness (QED) is 0.323. The van der Waals surface area contributed by atoms with Gasteiger partial charge in [0.05, 0.1) is 17.2 Å². The standard InChI is InChI=1S/C24H26O5/c1-23(2)10-11-24(3,4)18-13-19(25)16(12-17(18)23)20(26)14-21(27)29-22(28)15-8-6-5-7-9-15/h5-9,12-14,25,27H,10-11H2,1-4H3. The van der Waals surface area contributed by atoms with Crippen LogP contribution in [0.5, 0.6) is 5.75 Å². The SMILES string of the molecule is CC1(C)CCC(C)(C)c2cc(C(=O)C=C(O)OC(=O)c3ccccc3)c(O)cc21. The smallest absolute Gasteiger partial charge is 0.345 e. The molecule has 0 fully saturated rings. The lowest BCUT2D eigenvalue weighted by molar-refractivity contribution is 0.0444. The van der Waals surface area contributed by atoms with Gasteiger partial charge in [-0.1, -0.05) is 45.9 Å². The Hall–Kier alpha value is -3.08. The summed E-state index contributed by atoms with van der Waals surface area (Å²) in [5, 5.41) is 20.4. The Balaban J connectivity index is 1.90. The van der Waals surface area contributed by atoms with E-state index in [0.29, 0.717) is 0 Å². The zero-order valence-corrected chi connectivity index (χ0v) is 17.2. The van der Waals surface area contributed by atoms with Crippen molar-refractivity contribution in [2.24, 2.45) is 0 Å². The Morgan fingerprint density at radius 3 is 2.10 bits per heavy atom. The molecular formula is C24H26O5. The van der Waals surface area contributed by atoms with Crippen LogP contribution in [0.1, 0.15) is 72.4 Å². The number of ether oxygens (including phenoxy) is 1. The van der Waals surface area contributed by atoms with Crippen molar-refractivity contribution in [3.8, 4) is 5.75 Å². The molecule has 29 heavy (non-hydrogen) atoms. The number of hydrogen-bond acceptors (Lipinski definition) is 5. The van der Waals surface area contributed by atoms with E-state index in [9.17, 15) is 19.8 Å². The number of phenols is 1. The van der Waals surface area contributed by atoms with E-state index in [0.717, 1.165) is 30.0 Å². The summed E-state index contributed by atoms with van der Waals surface area (Å²) in [6, 6.07) is 11.5. The molecule has 0 radical (unpaired) electrons. The molecule has 5 heteroatoms. The van der Waals surface area contributed by atoms with Gasteiger partial charge in [-0.2, -0.15) is 0 Å². The highest BCUT2D eigenvalue weighted by Crippen LogP contribution is 2.47. The van der Waals surface area contributed by atoms with Crippen LogP contribution in [0.25, 0.3) is 0 Å². The monoisotopic (exact) mass is 394 g/mol. The summed E-state index contributed by atoms with van der Waals surface area (Å²) in [6.45, 7) is 8.47. The number of fused-ring (bicyclic) bond motifs is 1. The molecule has 2 aromatic carbocycles. The van der Waals surface area contributed by atoms with E-state index in [-0.39, 0.29) is 27.7 Å². The Bertz CT molecular complexity index is 984. The Labute approximate surface area is 170 Å². The molecule has 0 heterocycles. The second-order valence-corrected chi connectivity index (χ2v) is 8.79. The predicted octanol–water partition coefficient (Wildman–Crippen LogP) is 5.18. The van der Waals surface area contributed by atoms with Gasteiger partial charge in [-0.15, -0.1) is 0 Å². The van der Waals surface area contributed by atoms with Crippen LogP contribution < -0.4 is 0 Å². The molecule has 2 N–H and O–H groups in total. The maximum Gasteiger partial charge on any atom is 0.345 e. The van der Waals surface area contributed by atoms with E-state index in [1.807, 2.05) is 0 Å². The van der Waals surface area contributed by atoms with Crippen molar-refractivity contribution < 1.29 is 24.5 Å². The molecule has 1 aliphatic rings. The predicted molar refractivity (Wildman–Crippen MR) is 110 cm³/mol. The third-order valence-electron chi connectivity index (χ3n) is 5.70. The summed E-state index contributed by atoms with van der Waals surface area (Å²) >= 11 is 0. The number of aliphatic hydroxyl groups excluding tert-OH is 1. The first kappa shape index (κ1) is 20.6. The molecule has 0 saturated carbocycles. The average Bonchev–Trinajstić information content (AvgIpc) is 2.65. The lowest BCUT2D eigenvalue weighted by atomic mass is 9.63. The maximum atomic E-state index is 12.7. The number of rotatable bonds is 4. The number of carbonyl (C=O) groups is 2. The lowest BCUT2D eigenvalue weighted by Crippen LogP contribution is -2.34. The van der Waals surface area contributed by atoms with Crippen LogP contribution >= 0.6 is 0 Å². The van der Waals surface area contributed by atoms with Gasteiger partial charge < -0.3 is 14.9 Å². The lowest BCUT2D eigenvalue weighted by Gasteiger charge is -2.42. The second-order valence-electron chi connectivity index (χ2n) is 8.79. The van der Waals surface area contributed by atoms with E-state index < -0.39 is 17.7 Å². The van der Waals surface area contributed by atoms with Crippen molar-refractivity contribution in [1.82, 2.24) is 0 Å². The van der Waals surface area contributed by atoms with Crippen LogP contribution in [-0.2, 0) is 15.6 Å². The summed E-state index contributed by atoms with van der Waals surface area (Å²) in [5.74, 6) is -2.38. The van der Waals surface area contributed by atoms with E-state index in [1.165, 1.54) is 12.1 Å². The second kappa shape index (κ2) is 7.39. The maximum absolute atomic E-state index is 12.7. The van der Waals surface area contributed by atoms with Gasteiger partial charge in [0.25, 0.3) is 5.95 Å². The van der Waals surface area contributed by atoms with Gasteiger partial charge in [0.1, 0.15) is 5.75 Å². The number of phenolic OH excluding ortho intramolecular Hbond substituents is 1. The van der Waals surface area contributed by atoms with Crippen molar-refractivity contribution in [2.75, 3.05) is 0 Å². The Morgan fingerprint density at radius 2 is 1.52 bits per heavy atom. The van der Waals surface area contributed by atoms with E-state index in [1.54, 1.807) is 30.3 Å².